The molecule has 0 bridgehead atoms. The highest BCUT2D eigenvalue weighted by atomic mass is 35.5. The van der Waals surface area contributed by atoms with E-state index in [0.717, 1.165) is 11.3 Å². The van der Waals surface area contributed by atoms with Crippen molar-refractivity contribution in [1.82, 2.24) is 0 Å². The van der Waals surface area contributed by atoms with Crippen molar-refractivity contribution in [3.8, 4) is 0 Å². The van der Waals surface area contributed by atoms with Gasteiger partial charge in [0.2, 0.25) is 0 Å². The molecule has 0 aliphatic carbocycles. The van der Waals surface area contributed by atoms with E-state index < -0.39 is 16.9 Å². The molecule has 9 nitrogen and oxygen atoms in total. The summed E-state index contributed by atoms with van der Waals surface area (Å²) in [6, 6.07) is 3.87. The number of benzene rings is 1. The number of non-ortho nitro benzene ring substituents is 1. The highest BCUT2D eigenvalue weighted by molar-refractivity contribution is 7.80. The lowest BCUT2D eigenvalue weighted by Gasteiger charge is -2.12. The maximum Gasteiger partial charge on any atom is 0.348 e. The number of nitro benzene ring substituents is 1. The monoisotopic (exact) mass is 471 g/mol. The van der Waals surface area contributed by atoms with Crippen LogP contribution in [0.1, 0.15) is 39.4 Å². The molecule has 2 aromatic rings. The molecule has 1 aromatic heterocycles. The lowest BCUT2D eigenvalue weighted by molar-refractivity contribution is -0.384. The molecule has 0 amide bonds. The molecule has 0 saturated heterocycles. The number of rotatable bonds is 7. The molecular formula is C18H18ClN3O6S2. The van der Waals surface area contributed by atoms with Crippen molar-refractivity contribution in [1.29, 1.82) is 0 Å². The number of anilines is 2. The Labute approximate surface area is 186 Å². The zero-order valence-electron chi connectivity index (χ0n) is 16.2. The van der Waals surface area contributed by atoms with Crippen LogP contribution in [0.2, 0.25) is 5.02 Å². The number of carbonyl (C=O) groups excluding carboxylic acids is 2. The number of hydrogen-bond donors (Lipinski definition) is 2. The molecule has 0 saturated carbocycles. The van der Waals surface area contributed by atoms with Gasteiger partial charge in [-0.3, -0.25) is 10.1 Å². The Bertz CT molecular complexity index is 1010. The summed E-state index contributed by atoms with van der Waals surface area (Å²) in [7, 11) is 0. The standard InChI is InChI=1S/C18H18ClN3O6S2/c1-4-27-16(23)13-9(3)14(17(24)28-5-2)30-15(13)21-18(29)20-12-7-6-10(22(25)26)8-11(12)19/h6-8H,4-5H2,1-3H3,(H2,20,21,29). The normalized spacial score (nSPS) is 10.3. The van der Waals surface area contributed by atoms with Crippen molar-refractivity contribution in [2.24, 2.45) is 0 Å². The van der Waals surface area contributed by atoms with Crippen molar-refractivity contribution in [3.63, 3.8) is 0 Å². The third kappa shape index (κ3) is 5.43. The first-order chi connectivity index (χ1) is 14.2. The largest absolute Gasteiger partial charge is 0.462 e. The number of nitrogens with one attached hydrogen (secondary N) is 2. The number of nitro groups is 1. The third-order valence-corrected chi connectivity index (χ3v) is 5.43. The quantitative estimate of drug-likeness (QED) is 0.254. The van der Waals surface area contributed by atoms with E-state index in [0.29, 0.717) is 16.3 Å². The second kappa shape index (κ2) is 10.3. The average molecular weight is 472 g/mol. The molecule has 12 heteroatoms. The van der Waals surface area contributed by atoms with Crippen LogP contribution in [-0.2, 0) is 9.47 Å². The first-order valence-corrected chi connectivity index (χ1v) is 10.3. The van der Waals surface area contributed by atoms with Crippen LogP contribution in [0.15, 0.2) is 18.2 Å². The molecule has 30 heavy (non-hydrogen) atoms. The first-order valence-electron chi connectivity index (χ1n) is 8.69. The van der Waals surface area contributed by atoms with Gasteiger partial charge in [0.05, 0.1) is 34.4 Å². The Balaban J connectivity index is 2.30. The van der Waals surface area contributed by atoms with Crippen LogP contribution >= 0.6 is 35.2 Å². The smallest absolute Gasteiger partial charge is 0.348 e. The van der Waals surface area contributed by atoms with Gasteiger partial charge < -0.3 is 20.1 Å². The van der Waals surface area contributed by atoms with E-state index in [2.05, 4.69) is 10.6 Å². The van der Waals surface area contributed by atoms with Crippen molar-refractivity contribution >= 4 is 68.6 Å². The molecular weight excluding hydrogens is 454 g/mol. The number of thiocarbonyl (C=S) groups is 1. The van der Waals surface area contributed by atoms with Crippen LogP contribution in [0, 0.1) is 17.0 Å². The van der Waals surface area contributed by atoms with Gasteiger partial charge in [0.25, 0.3) is 5.69 Å². The number of carbonyl (C=O) groups is 2. The fourth-order valence-electron chi connectivity index (χ4n) is 2.42. The molecule has 0 aliphatic rings. The van der Waals surface area contributed by atoms with Crippen molar-refractivity contribution in [2.45, 2.75) is 20.8 Å². The van der Waals surface area contributed by atoms with Gasteiger partial charge in [-0.1, -0.05) is 11.6 Å². The van der Waals surface area contributed by atoms with Crippen LogP contribution < -0.4 is 10.6 Å². The van der Waals surface area contributed by atoms with E-state index in [1.165, 1.54) is 18.2 Å². The highest BCUT2D eigenvalue weighted by Gasteiger charge is 2.27. The minimum Gasteiger partial charge on any atom is -0.462 e. The molecule has 2 rings (SSSR count). The molecule has 160 valence electrons. The summed E-state index contributed by atoms with van der Waals surface area (Å²) < 4.78 is 10.1. The van der Waals surface area contributed by atoms with E-state index >= 15 is 0 Å². The predicted octanol–water partition coefficient (Wildman–Crippen LogP) is 4.78. The number of ether oxygens (including phenoxy) is 2. The Kier molecular flexibility index (Phi) is 8.09. The Morgan fingerprint density at radius 2 is 1.83 bits per heavy atom. The van der Waals surface area contributed by atoms with Crippen molar-refractivity contribution in [3.05, 3.63) is 49.3 Å². The minimum atomic E-state index is -0.611. The lowest BCUT2D eigenvalue weighted by atomic mass is 10.1. The molecule has 0 spiro atoms. The number of thiophene rings is 1. The van der Waals surface area contributed by atoms with Gasteiger partial charge >= 0.3 is 11.9 Å². The number of halogens is 1. The van der Waals surface area contributed by atoms with Crippen LogP contribution in [0.25, 0.3) is 0 Å². The van der Waals surface area contributed by atoms with Crippen LogP contribution in [0.5, 0.6) is 0 Å². The average Bonchev–Trinajstić information content (AvgIpc) is 2.99. The number of nitrogens with zero attached hydrogens (tertiary/aromatic N) is 1. The maximum absolute atomic E-state index is 12.4. The van der Waals surface area contributed by atoms with E-state index in [-0.39, 0.29) is 39.5 Å². The van der Waals surface area contributed by atoms with E-state index in [1.54, 1.807) is 20.8 Å². The van der Waals surface area contributed by atoms with Gasteiger partial charge in [0.15, 0.2) is 5.11 Å². The molecule has 1 heterocycles. The molecule has 0 radical (unpaired) electrons. The molecule has 1 aromatic carbocycles. The summed E-state index contributed by atoms with van der Waals surface area (Å²) in [5.74, 6) is -1.17. The topological polar surface area (TPSA) is 120 Å². The second-order valence-electron chi connectivity index (χ2n) is 5.70. The summed E-state index contributed by atoms with van der Waals surface area (Å²) in [5.41, 5.74) is 0.748. The van der Waals surface area contributed by atoms with E-state index in [1.807, 2.05) is 0 Å². The second-order valence-corrected chi connectivity index (χ2v) is 7.54. The molecule has 0 atom stereocenters. The summed E-state index contributed by atoms with van der Waals surface area (Å²) >= 11 is 12.3. The summed E-state index contributed by atoms with van der Waals surface area (Å²) in [6.45, 7) is 5.31. The summed E-state index contributed by atoms with van der Waals surface area (Å²) in [5, 5.41) is 16.9. The van der Waals surface area contributed by atoms with E-state index in [4.69, 9.17) is 33.3 Å². The number of hydrogen-bond acceptors (Lipinski definition) is 8. The fraction of sp³-hybridized carbons (Fsp3) is 0.278. The molecule has 0 aliphatic heterocycles. The Hall–Kier alpha value is -2.76. The zero-order chi connectivity index (χ0) is 22.4. The maximum atomic E-state index is 12.4. The van der Waals surface area contributed by atoms with Crippen LogP contribution in [-0.4, -0.2) is 35.2 Å². The van der Waals surface area contributed by atoms with Gasteiger partial charge in [-0.25, -0.2) is 9.59 Å². The van der Waals surface area contributed by atoms with Gasteiger partial charge in [0.1, 0.15) is 9.88 Å². The van der Waals surface area contributed by atoms with Gasteiger partial charge in [0, 0.05) is 12.1 Å². The van der Waals surface area contributed by atoms with Crippen molar-refractivity contribution < 1.29 is 24.0 Å². The number of esters is 2. The SMILES string of the molecule is CCOC(=O)c1sc(NC(=S)Nc2ccc([N+](=O)[O-])cc2Cl)c(C(=O)OCC)c1C. The summed E-state index contributed by atoms with van der Waals surface area (Å²) in [6.07, 6.45) is 0. The lowest BCUT2D eigenvalue weighted by Crippen LogP contribution is -2.20. The zero-order valence-corrected chi connectivity index (χ0v) is 18.6. The Morgan fingerprint density at radius 3 is 2.40 bits per heavy atom. The first kappa shape index (κ1) is 23.5. The minimum absolute atomic E-state index is 0.0629. The molecule has 2 N–H and O–H groups in total. The van der Waals surface area contributed by atoms with E-state index in [9.17, 15) is 19.7 Å². The van der Waals surface area contributed by atoms with Gasteiger partial charge in [-0.2, -0.15) is 0 Å². The predicted molar refractivity (Wildman–Crippen MR) is 119 cm³/mol. The summed E-state index contributed by atoms with van der Waals surface area (Å²) in [4.78, 5) is 35.1. The van der Waals surface area contributed by atoms with Crippen LogP contribution in [0.4, 0.5) is 16.4 Å². The molecule has 0 unspecified atom stereocenters. The third-order valence-electron chi connectivity index (χ3n) is 3.73. The fourth-order valence-corrected chi connectivity index (χ4v) is 4.01. The highest BCUT2D eigenvalue weighted by Crippen LogP contribution is 2.35. The van der Waals surface area contributed by atoms with Crippen LogP contribution in [0.3, 0.4) is 0 Å². The van der Waals surface area contributed by atoms with Gasteiger partial charge in [-0.05, 0) is 44.6 Å². The Morgan fingerprint density at radius 1 is 1.20 bits per heavy atom. The van der Waals surface area contributed by atoms with Gasteiger partial charge in [-0.15, -0.1) is 11.3 Å². The molecule has 0 fully saturated rings. The van der Waals surface area contributed by atoms with Crippen molar-refractivity contribution in [2.75, 3.05) is 23.8 Å².